The molecular weight excluding hydrogens is 264 g/mol. The van der Waals surface area contributed by atoms with Gasteiger partial charge in [-0.2, -0.15) is 0 Å². The lowest BCUT2D eigenvalue weighted by atomic mass is 9.97. The lowest BCUT2D eigenvalue weighted by molar-refractivity contribution is 0.160. The first-order valence-corrected chi connectivity index (χ1v) is 8.08. The van der Waals surface area contributed by atoms with Crippen LogP contribution in [0.25, 0.3) is 0 Å². The molecule has 0 radical (unpaired) electrons. The van der Waals surface area contributed by atoms with Crippen LogP contribution in [0.15, 0.2) is 18.2 Å². The smallest absolute Gasteiger partial charge is 0.124 e. The number of benzene rings is 1. The van der Waals surface area contributed by atoms with Gasteiger partial charge in [0.05, 0.1) is 7.11 Å². The molecule has 118 valence electrons. The molecule has 0 aromatic heterocycles. The van der Waals surface area contributed by atoms with E-state index in [4.69, 9.17) is 4.74 Å². The van der Waals surface area contributed by atoms with E-state index in [1.165, 1.54) is 19.3 Å². The van der Waals surface area contributed by atoms with Gasteiger partial charge in [-0.3, -0.25) is 4.90 Å². The Balaban J connectivity index is 2.16. The quantitative estimate of drug-likeness (QED) is 0.759. The molecule has 1 aromatic carbocycles. The summed E-state index contributed by atoms with van der Waals surface area (Å²) in [6.45, 7) is 6.37. The summed E-state index contributed by atoms with van der Waals surface area (Å²) in [5, 5.41) is 13.8. The summed E-state index contributed by atoms with van der Waals surface area (Å²) in [7, 11) is 1.63. The van der Waals surface area contributed by atoms with Crippen molar-refractivity contribution >= 4 is 0 Å². The minimum atomic E-state index is 0.310. The van der Waals surface area contributed by atoms with E-state index in [-0.39, 0.29) is 0 Å². The van der Waals surface area contributed by atoms with E-state index in [0.29, 0.717) is 17.5 Å². The Morgan fingerprint density at radius 1 is 1.29 bits per heavy atom. The van der Waals surface area contributed by atoms with Crippen LogP contribution in [0.1, 0.15) is 44.2 Å². The lowest BCUT2D eigenvalue weighted by Crippen LogP contribution is -2.45. The molecule has 0 aliphatic carbocycles. The van der Waals surface area contributed by atoms with Crippen molar-refractivity contribution in [1.82, 2.24) is 10.2 Å². The summed E-state index contributed by atoms with van der Waals surface area (Å²) in [4.78, 5) is 2.49. The summed E-state index contributed by atoms with van der Waals surface area (Å²) >= 11 is 0. The molecule has 0 amide bonds. The highest BCUT2D eigenvalue weighted by Crippen LogP contribution is 2.35. The van der Waals surface area contributed by atoms with Crippen LogP contribution in [-0.4, -0.2) is 43.3 Å². The topological polar surface area (TPSA) is 44.7 Å². The van der Waals surface area contributed by atoms with Crippen LogP contribution in [0.4, 0.5) is 0 Å². The molecule has 0 unspecified atom stereocenters. The Morgan fingerprint density at radius 2 is 2.05 bits per heavy atom. The number of nitrogens with one attached hydrogen (secondary N) is 1. The highest BCUT2D eigenvalue weighted by Gasteiger charge is 2.24. The third kappa shape index (κ3) is 4.35. The average molecular weight is 292 g/mol. The molecule has 0 bridgehead atoms. The number of methoxy groups -OCH3 is 1. The lowest BCUT2D eigenvalue weighted by Gasteiger charge is -2.35. The molecule has 4 nitrogen and oxygen atoms in total. The molecule has 1 fully saturated rings. The average Bonchev–Trinajstić information content (AvgIpc) is 2.53. The maximum Gasteiger partial charge on any atom is 0.124 e. The first-order chi connectivity index (χ1) is 10.3. The van der Waals surface area contributed by atoms with Gasteiger partial charge in [-0.05, 0) is 12.5 Å². The van der Waals surface area contributed by atoms with Gasteiger partial charge in [0.25, 0.3) is 0 Å². The molecule has 21 heavy (non-hydrogen) atoms. The summed E-state index contributed by atoms with van der Waals surface area (Å²) < 4.78 is 5.19. The van der Waals surface area contributed by atoms with Gasteiger partial charge in [0.1, 0.15) is 11.5 Å². The standard InChI is InChI=1S/C17H28N2O2/c1-3-4-5-6-16(19-11-9-18-10-12-19)15-8-7-14(21-2)13-17(15)20/h7-8,13,16,18,20H,3-6,9-12H2,1-2H3/t16-/m1/s1. The van der Waals surface area contributed by atoms with Crippen molar-refractivity contribution in [1.29, 1.82) is 0 Å². The second kappa shape index (κ2) is 8.25. The highest BCUT2D eigenvalue weighted by molar-refractivity contribution is 5.41. The zero-order chi connectivity index (χ0) is 15.1. The fourth-order valence-electron chi connectivity index (χ4n) is 3.05. The van der Waals surface area contributed by atoms with Crippen molar-refractivity contribution in [3.63, 3.8) is 0 Å². The van der Waals surface area contributed by atoms with Crippen LogP contribution in [0.3, 0.4) is 0 Å². The number of rotatable bonds is 7. The minimum absolute atomic E-state index is 0.310. The van der Waals surface area contributed by atoms with Gasteiger partial charge in [0, 0.05) is 43.9 Å². The third-order valence-corrected chi connectivity index (χ3v) is 4.27. The fraction of sp³-hybridized carbons (Fsp3) is 0.647. The molecule has 1 atom stereocenters. The molecule has 2 rings (SSSR count). The Hall–Kier alpha value is -1.26. The van der Waals surface area contributed by atoms with Crippen LogP contribution in [0.2, 0.25) is 0 Å². The van der Waals surface area contributed by atoms with Gasteiger partial charge < -0.3 is 15.2 Å². The van der Waals surface area contributed by atoms with Crippen LogP contribution in [0, 0.1) is 0 Å². The van der Waals surface area contributed by atoms with E-state index in [2.05, 4.69) is 17.1 Å². The first-order valence-electron chi connectivity index (χ1n) is 8.08. The predicted octanol–water partition coefficient (Wildman–Crippen LogP) is 2.93. The molecule has 1 saturated heterocycles. The zero-order valence-electron chi connectivity index (χ0n) is 13.3. The normalized spacial score (nSPS) is 17.6. The minimum Gasteiger partial charge on any atom is -0.507 e. The molecule has 1 aliphatic heterocycles. The number of phenolic OH excluding ortho intramolecular Hbond substituents is 1. The second-order valence-corrected chi connectivity index (χ2v) is 5.72. The van der Waals surface area contributed by atoms with E-state index in [1.54, 1.807) is 13.2 Å². The van der Waals surface area contributed by atoms with Crippen LogP contribution in [-0.2, 0) is 0 Å². The number of hydrogen-bond donors (Lipinski definition) is 2. The fourth-order valence-corrected chi connectivity index (χ4v) is 3.05. The Kier molecular flexibility index (Phi) is 6.33. The predicted molar refractivity (Wildman–Crippen MR) is 86.0 cm³/mol. The molecule has 1 heterocycles. The van der Waals surface area contributed by atoms with Crippen molar-refractivity contribution in [2.45, 2.75) is 38.6 Å². The van der Waals surface area contributed by atoms with E-state index in [0.717, 1.165) is 38.2 Å². The van der Waals surface area contributed by atoms with E-state index < -0.39 is 0 Å². The van der Waals surface area contributed by atoms with Crippen LogP contribution < -0.4 is 10.1 Å². The number of nitrogens with zero attached hydrogens (tertiary/aromatic N) is 1. The maximum absolute atomic E-state index is 10.4. The Labute approximate surface area is 128 Å². The molecular formula is C17H28N2O2. The monoisotopic (exact) mass is 292 g/mol. The van der Waals surface area contributed by atoms with Crippen molar-refractivity contribution in [2.24, 2.45) is 0 Å². The number of ether oxygens (including phenoxy) is 1. The van der Waals surface area contributed by atoms with Gasteiger partial charge in [-0.1, -0.05) is 32.3 Å². The number of unbranched alkanes of at least 4 members (excludes halogenated alkanes) is 2. The molecule has 1 aromatic rings. The van der Waals surface area contributed by atoms with E-state index in [1.807, 2.05) is 12.1 Å². The summed E-state index contributed by atoms with van der Waals surface area (Å²) in [6.07, 6.45) is 4.78. The highest BCUT2D eigenvalue weighted by atomic mass is 16.5. The summed E-state index contributed by atoms with van der Waals surface area (Å²) in [5.41, 5.74) is 1.04. The molecule has 4 heteroatoms. The number of phenols is 1. The van der Waals surface area contributed by atoms with Crippen LogP contribution in [0.5, 0.6) is 11.5 Å². The van der Waals surface area contributed by atoms with Crippen molar-refractivity contribution in [2.75, 3.05) is 33.3 Å². The van der Waals surface area contributed by atoms with Gasteiger partial charge in [-0.25, -0.2) is 0 Å². The first kappa shape index (κ1) is 16.1. The Bertz CT molecular complexity index is 431. The zero-order valence-corrected chi connectivity index (χ0v) is 13.3. The number of piperazine rings is 1. The number of hydrogen-bond acceptors (Lipinski definition) is 4. The van der Waals surface area contributed by atoms with Gasteiger partial charge in [0.15, 0.2) is 0 Å². The summed E-state index contributed by atoms with van der Waals surface area (Å²) in [5.74, 6) is 1.07. The van der Waals surface area contributed by atoms with Crippen molar-refractivity contribution in [3.05, 3.63) is 23.8 Å². The number of aromatic hydroxyl groups is 1. The molecule has 2 N–H and O–H groups in total. The van der Waals surface area contributed by atoms with Crippen molar-refractivity contribution in [3.8, 4) is 11.5 Å². The SMILES string of the molecule is CCCCC[C@H](c1ccc(OC)cc1O)N1CCNCC1. The van der Waals surface area contributed by atoms with Gasteiger partial charge in [-0.15, -0.1) is 0 Å². The Morgan fingerprint density at radius 3 is 2.67 bits per heavy atom. The molecule has 0 spiro atoms. The summed E-state index contributed by atoms with van der Waals surface area (Å²) in [6, 6.07) is 6.01. The second-order valence-electron chi connectivity index (χ2n) is 5.72. The van der Waals surface area contributed by atoms with Gasteiger partial charge >= 0.3 is 0 Å². The third-order valence-electron chi connectivity index (χ3n) is 4.27. The van der Waals surface area contributed by atoms with Crippen molar-refractivity contribution < 1.29 is 9.84 Å². The molecule has 1 aliphatic rings. The van der Waals surface area contributed by atoms with E-state index >= 15 is 0 Å². The largest absolute Gasteiger partial charge is 0.507 e. The van der Waals surface area contributed by atoms with E-state index in [9.17, 15) is 5.11 Å². The molecule has 0 saturated carbocycles. The maximum atomic E-state index is 10.4. The van der Waals surface area contributed by atoms with Crippen LogP contribution >= 0.6 is 0 Å². The van der Waals surface area contributed by atoms with Gasteiger partial charge in [0.2, 0.25) is 0 Å².